The molecule has 308 valence electrons. The standard InChI is InChI=1S/C39H56N6O10S/c1-12-28-39(8)32(40-37(50)55-39)22(4)29(46)20(2)19-38(7,51-17-13-14-25-15-16-27(56-25)34-41-43-45(11)42-34)33(23(5)30(47)24(6)35(49)53-28)54-36-31(48)26(44(9)10)18-21(3)52-36/h15-16,20-24,26,28,31-33,36,48H,12,17-19H2,1-11H3,(H,40,50)/t20-,21-,22+,23+,24-,26+,28-,31-,32-,33-,36+,38+,39-/m1/s1. The van der Waals surface area contributed by atoms with Gasteiger partial charge in [-0.05, 0) is 78.4 Å². The van der Waals surface area contributed by atoms with Crippen LogP contribution in [-0.2, 0) is 45.1 Å². The summed E-state index contributed by atoms with van der Waals surface area (Å²) in [5.41, 5.74) is -2.81. The fourth-order valence-electron chi connectivity index (χ4n) is 8.36. The summed E-state index contributed by atoms with van der Waals surface area (Å²) < 4.78 is 31.2. The number of esters is 1. The minimum Gasteiger partial charge on any atom is -0.458 e. The van der Waals surface area contributed by atoms with Gasteiger partial charge in [0, 0.05) is 23.8 Å². The van der Waals surface area contributed by atoms with Gasteiger partial charge in [-0.2, -0.15) is 4.80 Å². The monoisotopic (exact) mass is 800 g/mol. The molecule has 13 atom stereocenters. The number of fused-ring (bicyclic) bond motifs is 1. The number of cyclic esters (lactones) is 1. The van der Waals surface area contributed by atoms with Crippen molar-refractivity contribution in [1.29, 1.82) is 0 Å². The number of aliphatic hydroxyl groups is 1. The van der Waals surface area contributed by atoms with Crippen molar-refractivity contribution >= 4 is 35.0 Å². The number of aliphatic hydroxyl groups excluding tert-OH is 1. The van der Waals surface area contributed by atoms with Gasteiger partial charge >= 0.3 is 12.1 Å². The number of carbonyl (C=O) groups is 4. The molecule has 3 saturated heterocycles. The number of alkyl carbamates (subject to hydrolysis) is 1. The molecular weight excluding hydrogens is 745 g/mol. The summed E-state index contributed by atoms with van der Waals surface area (Å²) in [5, 5.41) is 26.5. The lowest BCUT2D eigenvalue weighted by Gasteiger charge is -2.47. The number of ketones is 2. The Kier molecular flexibility index (Phi) is 13.4. The van der Waals surface area contributed by atoms with Crippen LogP contribution in [-0.4, -0.2) is 129 Å². The normalized spacial score (nSPS) is 37.2. The molecule has 0 aromatic carbocycles. The van der Waals surface area contributed by atoms with Crippen LogP contribution in [0.1, 0.15) is 79.5 Å². The van der Waals surface area contributed by atoms with Gasteiger partial charge in [-0.15, -0.1) is 21.5 Å². The molecule has 5 rings (SSSR count). The van der Waals surface area contributed by atoms with Crippen LogP contribution < -0.4 is 5.32 Å². The maximum absolute atomic E-state index is 14.4. The van der Waals surface area contributed by atoms with Crippen LogP contribution in [0.3, 0.4) is 0 Å². The number of nitrogens with one attached hydrogen (secondary N) is 1. The molecule has 17 heteroatoms. The number of aromatic nitrogens is 4. The van der Waals surface area contributed by atoms with Crippen molar-refractivity contribution in [2.75, 3.05) is 20.7 Å². The van der Waals surface area contributed by atoms with Gasteiger partial charge in [0.05, 0.1) is 40.7 Å². The molecule has 3 aliphatic heterocycles. The zero-order valence-electron chi connectivity index (χ0n) is 34.1. The number of ether oxygens (including phenoxy) is 5. The van der Waals surface area contributed by atoms with E-state index in [0.717, 1.165) is 9.75 Å². The maximum atomic E-state index is 14.4. The Morgan fingerprint density at radius 3 is 2.45 bits per heavy atom. The highest BCUT2D eigenvalue weighted by atomic mass is 32.1. The first kappa shape index (κ1) is 43.3. The van der Waals surface area contributed by atoms with Gasteiger partial charge in [-0.1, -0.05) is 39.5 Å². The summed E-state index contributed by atoms with van der Waals surface area (Å²) >= 11 is 1.39. The van der Waals surface area contributed by atoms with E-state index >= 15 is 0 Å². The van der Waals surface area contributed by atoms with Crippen LogP contribution in [0.15, 0.2) is 12.1 Å². The third kappa shape index (κ3) is 9.00. The lowest BCUT2D eigenvalue weighted by molar-refractivity contribution is -0.296. The van der Waals surface area contributed by atoms with Crippen LogP contribution >= 0.6 is 11.3 Å². The number of nitrogens with zero attached hydrogens (tertiary/aromatic N) is 5. The molecule has 0 aliphatic carbocycles. The number of Topliss-reactive ketones (excluding diaryl/α,β-unsaturated/α-hetero) is 2. The van der Waals surface area contributed by atoms with Crippen molar-refractivity contribution in [3.8, 4) is 22.5 Å². The number of carbonyl (C=O) groups excluding carboxylic acids is 4. The van der Waals surface area contributed by atoms with E-state index in [1.165, 1.54) is 23.1 Å². The molecular formula is C39H56N6O10S. The third-order valence-corrected chi connectivity index (χ3v) is 12.5. The second kappa shape index (κ2) is 17.4. The van der Waals surface area contributed by atoms with E-state index in [1.807, 2.05) is 38.1 Å². The highest BCUT2D eigenvalue weighted by Crippen LogP contribution is 2.40. The molecule has 0 bridgehead atoms. The Balaban J connectivity index is 1.55. The van der Waals surface area contributed by atoms with Gasteiger partial charge in [-0.3, -0.25) is 14.4 Å². The molecule has 3 fully saturated rings. The number of thiophene rings is 1. The number of rotatable bonds is 7. The molecule has 16 nitrogen and oxygen atoms in total. The van der Waals surface area contributed by atoms with Crippen molar-refractivity contribution in [1.82, 2.24) is 30.4 Å². The largest absolute Gasteiger partial charge is 0.458 e. The van der Waals surface area contributed by atoms with Crippen molar-refractivity contribution in [2.24, 2.45) is 30.7 Å². The molecule has 56 heavy (non-hydrogen) atoms. The van der Waals surface area contributed by atoms with E-state index in [0.29, 0.717) is 12.2 Å². The Labute approximate surface area is 332 Å². The Morgan fingerprint density at radius 2 is 1.80 bits per heavy atom. The van der Waals surface area contributed by atoms with Gasteiger partial charge in [0.2, 0.25) is 5.82 Å². The number of aryl methyl sites for hydroxylation is 1. The molecule has 0 unspecified atom stereocenters. The summed E-state index contributed by atoms with van der Waals surface area (Å²) in [6.45, 7) is 13.5. The summed E-state index contributed by atoms with van der Waals surface area (Å²) in [6, 6.07) is 2.53. The number of tetrazole rings is 1. The third-order valence-electron chi connectivity index (χ3n) is 11.5. The fraction of sp³-hybridized carbons (Fsp3) is 0.718. The zero-order chi connectivity index (χ0) is 41.3. The Morgan fingerprint density at radius 1 is 1.09 bits per heavy atom. The predicted molar refractivity (Wildman–Crippen MR) is 204 cm³/mol. The van der Waals surface area contributed by atoms with Crippen LogP contribution in [0.5, 0.6) is 0 Å². The van der Waals surface area contributed by atoms with Gasteiger partial charge in [-0.25, -0.2) is 4.79 Å². The molecule has 1 amide bonds. The van der Waals surface area contributed by atoms with Gasteiger partial charge in [0.1, 0.15) is 30.5 Å². The summed E-state index contributed by atoms with van der Waals surface area (Å²) in [5.74, 6) is 1.36. The first-order chi connectivity index (χ1) is 26.3. The number of amides is 1. The van der Waals surface area contributed by atoms with Crippen LogP contribution in [0, 0.1) is 35.5 Å². The SMILES string of the molecule is CC[C@H]1OC(=O)[C@H](C)C(=O)[C@H](C)[C@@H](O[C@@H]2O[C@H](C)C[C@H](N(C)C)[C@H]2O)[C@@](C)(OCC#Cc2ccc(-c3nnn(C)n3)s2)C[C@@H](C)C(=O)[C@H](C)[C@H]2NC(=O)O[C@@]21C. The highest BCUT2D eigenvalue weighted by Gasteiger charge is 2.57. The second-order valence-corrected chi connectivity index (χ2v) is 17.1. The van der Waals surface area contributed by atoms with E-state index in [2.05, 4.69) is 32.6 Å². The smallest absolute Gasteiger partial charge is 0.408 e. The van der Waals surface area contributed by atoms with Crippen LogP contribution in [0.25, 0.3) is 10.7 Å². The first-order valence-electron chi connectivity index (χ1n) is 19.2. The lowest BCUT2D eigenvalue weighted by Crippen LogP contribution is -2.60. The fourth-order valence-corrected chi connectivity index (χ4v) is 9.16. The molecule has 5 heterocycles. The van der Waals surface area contributed by atoms with Crippen molar-refractivity contribution in [2.45, 2.75) is 129 Å². The van der Waals surface area contributed by atoms with E-state index in [1.54, 1.807) is 48.6 Å². The Hall–Kier alpha value is -3.79. The van der Waals surface area contributed by atoms with Gasteiger partial charge in [0.15, 0.2) is 17.7 Å². The maximum Gasteiger partial charge on any atom is 0.408 e. The van der Waals surface area contributed by atoms with E-state index in [-0.39, 0.29) is 37.4 Å². The number of hydrogen-bond acceptors (Lipinski definition) is 15. The highest BCUT2D eigenvalue weighted by molar-refractivity contribution is 7.15. The quantitative estimate of drug-likeness (QED) is 0.236. The topological polar surface area (TPSA) is 194 Å². The first-order valence-corrected chi connectivity index (χ1v) is 20.0. The molecule has 2 N–H and O–H groups in total. The minimum atomic E-state index is -1.42. The summed E-state index contributed by atoms with van der Waals surface area (Å²) in [7, 11) is 5.40. The molecule has 2 aromatic heterocycles. The summed E-state index contributed by atoms with van der Waals surface area (Å²) in [4.78, 5) is 60.1. The van der Waals surface area contributed by atoms with Crippen LogP contribution in [0.4, 0.5) is 4.79 Å². The molecule has 0 spiro atoms. The van der Waals surface area contributed by atoms with Gasteiger partial charge < -0.3 is 39.0 Å². The molecule has 2 aromatic rings. The van der Waals surface area contributed by atoms with Crippen molar-refractivity contribution < 1.29 is 48.0 Å². The van der Waals surface area contributed by atoms with Crippen LogP contribution in [0.2, 0.25) is 0 Å². The van der Waals surface area contributed by atoms with Crippen molar-refractivity contribution in [3.63, 3.8) is 0 Å². The average Bonchev–Trinajstić information content (AvgIpc) is 3.88. The average molecular weight is 801 g/mol. The van der Waals surface area contributed by atoms with E-state index in [9.17, 15) is 24.3 Å². The van der Waals surface area contributed by atoms with Crippen molar-refractivity contribution in [3.05, 3.63) is 17.0 Å². The zero-order valence-corrected chi connectivity index (χ0v) is 34.9. The molecule has 3 aliphatic rings. The molecule has 0 saturated carbocycles. The number of hydrogen-bond donors (Lipinski definition) is 2. The second-order valence-electron chi connectivity index (χ2n) is 16.0. The van der Waals surface area contributed by atoms with Gasteiger partial charge in [0.25, 0.3) is 0 Å². The molecule has 0 radical (unpaired) electrons. The number of likely N-dealkylation sites (N-methyl/N-ethyl adjacent to an activating group) is 1. The predicted octanol–water partition coefficient (Wildman–Crippen LogP) is 3.15. The summed E-state index contributed by atoms with van der Waals surface area (Å²) in [6.07, 6.45) is -4.57. The Bertz CT molecular complexity index is 1820. The van der Waals surface area contributed by atoms with E-state index < -0.39 is 83.4 Å². The minimum absolute atomic E-state index is 0.0470. The van der Waals surface area contributed by atoms with E-state index in [4.69, 9.17) is 23.7 Å². The lowest BCUT2D eigenvalue weighted by atomic mass is 9.73.